The van der Waals surface area contributed by atoms with Crippen molar-refractivity contribution in [3.8, 4) is 0 Å². The first-order valence-electron chi connectivity index (χ1n) is 10.5. The van der Waals surface area contributed by atoms with Gasteiger partial charge in [-0.2, -0.15) is 0 Å². The summed E-state index contributed by atoms with van der Waals surface area (Å²) in [4.78, 5) is 40.3. The molecule has 4 atom stereocenters. The van der Waals surface area contributed by atoms with Gasteiger partial charge in [-0.1, -0.05) is 72.8 Å². The van der Waals surface area contributed by atoms with Crippen molar-refractivity contribution >= 4 is 17.3 Å². The minimum atomic E-state index is -1.67. The van der Waals surface area contributed by atoms with Gasteiger partial charge in [0.1, 0.15) is 11.6 Å². The minimum Gasteiger partial charge on any atom is -0.389 e. The lowest BCUT2D eigenvalue weighted by molar-refractivity contribution is -0.134. The highest BCUT2D eigenvalue weighted by atomic mass is 19.1. The first-order valence-corrected chi connectivity index (χ1v) is 10.5. The normalized spacial score (nSPS) is 25.3. The average molecular weight is 430 g/mol. The molecule has 5 heteroatoms. The molecule has 1 fully saturated rings. The molecule has 0 saturated heterocycles. The van der Waals surface area contributed by atoms with E-state index in [1.165, 1.54) is 31.2 Å². The third-order valence-electron chi connectivity index (χ3n) is 6.20. The maximum Gasteiger partial charge on any atom is 0.173 e. The Balaban J connectivity index is 1.89. The Morgan fingerprint density at radius 1 is 0.844 bits per heavy atom. The summed E-state index contributed by atoms with van der Waals surface area (Å²) in [5.41, 5.74) is -0.477. The SMILES string of the molecule is C[C@@]1(O)CC(=O)[C@H](C(=O)c2ccccc2)[C@@H](c2ccc(F)cc2)[C@@H]1C(=O)c1ccccc1. The summed E-state index contributed by atoms with van der Waals surface area (Å²) < 4.78 is 13.7. The smallest absolute Gasteiger partial charge is 0.173 e. The van der Waals surface area contributed by atoms with Crippen LogP contribution in [0.4, 0.5) is 4.39 Å². The molecule has 1 aliphatic carbocycles. The summed E-state index contributed by atoms with van der Waals surface area (Å²) in [7, 11) is 0. The number of hydrogen-bond acceptors (Lipinski definition) is 4. The van der Waals surface area contributed by atoms with Crippen molar-refractivity contribution in [1.82, 2.24) is 0 Å². The van der Waals surface area contributed by atoms with E-state index in [-0.39, 0.29) is 12.2 Å². The van der Waals surface area contributed by atoms with Crippen molar-refractivity contribution in [1.29, 1.82) is 0 Å². The summed E-state index contributed by atoms with van der Waals surface area (Å²) in [6, 6.07) is 22.3. The molecule has 0 aliphatic heterocycles. The van der Waals surface area contributed by atoms with Gasteiger partial charge in [0.25, 0.3) is 0 Å². The predicted molar refractivity (Wildman–Crippen MR) is 118 cm³/mol. The van der Waals surface area contributed by atoms with Gasteiger partial charge in [0, 0.05) is 23.5 Å². The number of carbonyl (C=O) groups excluding carboxylic acids is 3. The quantitative estimate of drug-likeness (QED) is 0.473. The Hall–Kier alpha value is -3.44. The molecular weight excluding hydrogens is 407 g/mol. The number of carbonyl (C=O) groups is 3. The van der Waals surface area contributed by atoms with Crippen LogP contribution in [0.2, 0.25) is 0 Å². The van der Waals surface area contributed by atoms with E-state index < -0.39 is 40.7 Å². The average Bonchev–Trinajstić information content (AvgIpc) is 2.79. The van der Waals surface area contributed by atoms with Gasteiger partial charge in [-0.25, -0.2) is 4.39 Å². The van der Waals surface area contributed by atoms with Crippen molar-refractivity contribution in [2.75, 3.05) is 0 Å². The molecule has 1 saturated carbocycles. The van der Waals surface area contributed by atoms with Crippen molar-refractivity contribution in [3.05, 3.63) is 107 Å². The maximum absolute atomic E-state index is 13.7. The van der Waals surface area contributed by atoms with E-state index in [1.54, 1.807) is 60.7 Å². The highest BCUT2D eigenvalue weighted by Gasteiger charge is 2.55. The van der Waals surface area contributed by atoms with Crippen LogP contribution in [0.5, 0.6) is 0 Å². The van der Waals surface area contributed by atoms with Gasteiger partial charge < -0.3 is 5.11 Å². The summed E-state index contributed by atoms with van der Waals surface area (Å²) >= 11 is 0. The lowest BCUT2D eigenvalue weighted by Gasteiger charge is -2.45. The molecule has 3 aromatic carbocycles. The molecule has 4 nitrogen and oxygen atoms in total. The van der Waals surface area contributed by atoms with Gasteiger partial charge in [0.2, 0.25) is 0 Å². The second-order valence-corrected chi connectivity index (χ2v) is 8.49. The van der Waals surface area contributed by atoms with Gasteiger partial charge in [0.05, 0.1) is 17.4 Å². The fourth-order valence-corrected chi connectivity index (χ4v) is 4.74. The molecule has 0 heterocycles. The molecular formula is C27H23FO4. The first-order chi connectivity index (χ1) is 15.3. The van der Waals surface area contributed by atoms with Crippen LogP contribution in [0.1, 0.15) is 45.5 Å². The second-order valence-electron chi connectivity index (χ2n) is 8.49. The molecule has 162 valence electrons. The lowest BCUT2D eigenvalue weighted by atomic mass is 9.58. The molecule has 1 aliphatic rings. The van der Waals surface area contributed by atoms with Crippen molar-refractivity contribution in [2.45, 2.75) is 24.9 Å². The van der Waals surface area contributed by atoms with Gasteiger partial charge in [-0.15, -0.1) is 0 Å². The van der Waals surface area contributed by atoms with Crippen LogP contribution < -0.4 is 0 Å². The Morgan fingerprint density at radius 3 is 1.88 bits per heavy atom. The van der Waals surface area contributed by atoms with Gasteiger partial charge >= 0.3 is 0 Å². The van der Waals surface area contributed by atoms with Crippen molar-refractivity contribution in [3.63, 3.8) is 0 Å². The number of Topliss-reactive ketones (excluding diaryl/α,β-unsaturated/α-hetero) is 3. The zero-order valence-corrected chi connectivity index (χ0v) is 17.6. The van der Waals surface area contributed by atoms with Crippen molar-refractivity contribution < 1.29 is 23.9 Å². The fraction of sp³-hybridized carbons (Fsp3) is 0.222. The number of ketones is 3. The minimum absolute atomic E-state index is 0.322. The molecule has 0 bridgehead atoms. The number of aliphatic hydroxyl groups is 1. The first kappa shape index (κ1) is 21.8. The van der Waals surface area contributed by atoms with E-state index in [9.17, 15) is 23.9 Å². The molecule has 0 radical (unpaired) electrons. The molecule has 1 N–H and O–H groups in total. The van der Waals surface area contributed by atoms with E-state index in [1.807, 2.05) is 0 Å². The topological polar surface area (TPSA) is 71.4 Å². The number of rotatable bonds is 5. The second kappa shape index (κ2) is 8.60. The molecule has 0 unspecified atom stereocenters. The van der Waals surface area contributed by atoms with Crippen LogP contribution in [-0.4, -0.2) is 28.1 Å². The van der Waals surface area contributed by atoms with E-state index in [2.05, 4.69) is 0 Å². The number of benzene rings is 3. The van der Waals surface area contributed by atoms with Crippen molar-refractivity contribution in [2.24, 2.45) is 11.8 Å². The van der Waals surface area contributed by atoms with Gasteiger partial charge in [0.15, 0.2) is 11.6 Å². The Bertz CT molecular complexity index is 1140. The van der Waals surface area contributed by atoms with E-state index in [0.717, 1.165) is 0 Å². The van der Waals surface area contributed by atoms with Crippen LogP contribution in [-0.2, 0) is 4.79 Å². The van der Waals surface area contributed by atoms with E-state index >= 15 is 0 Å². The third-order valence-corrected chi connectivity index (χ3v) is 6.20. The summed E-state index contributed by atoms with van der Waals surface area (Å²) in [5.74, 6) is -4.84. The van der Waals surface area contributed by atoms with Crippen LogP contribution in [0.25, 0.3) is 0 Å². The largest absolute Gasteiger partial charge is 0.389 e. The molecule has 0 spiro atoms. The molecule has 4 rings (SSSR count). The maximum atomic E-state index is 13.7. The summed E-state index contributed by atoms with van der Waals surface area (Å²) in [5, 5.41) is 11.3. The Morgan fingerprint density at radius 2 is 1.34 bits per heavy atom. The molecule has 0 amide bonds. The zero-order chi connectivity index (χ0) is 22.9. The van der Waals surface area contributed by atoms with E-state index in [4.69, 9.17) is 0 Å². The van der Waals surface area contributed by atoms with E-state index in [0.29, 0.717) is 16.7 Å². The summed E-state index contributed by atoms with van der Waals surface area (Å²) in [6.07, 6.45) is -0.322. The molecule has 32 heavy (non-hydrogen) atoms. The van der Waals surface area contributed by atoms with Gasteiger partial charge in [-0.05, 0) is 24.6 Å². The van der Waals surface area contributed by atoms with Gasteiger partial charge in [-0.3, -0.25) is 14.4 Å². The molecule has 3 aromatic rings. The Kier molecular flexibility index (Phi) is 5.85. The van der Waals surface area contributed by atoms with Crippen LogP contribution >= 0.6 is 0 Å². The summed E-state index contributed by atoms with van der Waals surface area (Å²) in [6.45, 7) is 1.45. The van der Waals surface area contributed by atoms with Crippen LogP contribution in [0, 0.1) is 17.7 Å². The number of hydrogen-bond donors (Lipinski definition) is 1. The lowest BCUT2D eigenvalue weighted by Crippen LogP contribution is -2.54. The predicted octanol–water partition coefficient (Wildman–Crippen LogP) is 4.63. The fourth-order valence-electron chi connectivity index (χ4n) is 4.74. The monoisotopic (exact) mass is 430 g/mol. The number of halogens is 1. The highest BCUT2D eigenvalue weighted by Crippen LogP contribution is 2.48. The van der Waals surface area contributed by atoms with Crippen LogP contribution in [0.3, 0.4) is 0 Å². The third kappa shape index (κ3) is 4.04. The Labute approximate surface area is 185 Å². The standard InChI is InChI=1S/C27H23FO4/c1-27(32)16-21(29)23(25(30)18-8-4-2-5-9-18)22(17-12-14-20(28)15-13-17)24(27)26(31)19-10-6-3-7-11-19/h2-15,22-24,32H,16H2,1H3/t22-,23+,24-,27-/m1/s1. The highest BCUT2D eigenvalue weighted by molar-refractivity contribution is 6.13. The van der Waals surface area contributed by atoms with Crippen LogP contribution in [0.15, 0.2) is 84.9 Å². The molecule has 0 aromatic heterocycles. The zero-order valence-electron chi connectivity index (χ0n) is 17.6.